The fourth-order valence-corrected chi connectivity index (χ4v) is 5.31. The molecule has 0 unspecified atom stereocenters. The van der Waals surface area contributed by atoms with Crippen LogP contribution in [0.15, 0.2) is 47.4 Å². The Hall–Kier alpha value is -1.91. The Balaban J connectivity index is 1.51. The minimum atomic E-state index is -3.52. The average Bonchev–Trinajstić information content (AvgIpc) is 2.73. The lowest BCUT2D eigenvalue weighted by molar-refractivity contribution is -0.121. The topological polar surface area (TPSA) is 87.7 Å². The van der Waals surface area contributed by atoms with Crippen molar-refractivity contribution in [3.63, 3.8) is 0 Å². The van der Waals surface area contributed by atoms with Crippen LogP contribution in [0, 0.1) is 5.92 Å². The minimum absolute atomic E-state index is 0.0569. The van der Waals surface area contributed by atoms with E-state index in [1.54, 1.807) is 24.3 Å². The zero-order valence-electron chi connectivity index (χ0n) is 17.3. The van der Waals surface area contributed by atoms with Crippen LogP contribution in [0.1, 0.15) is 19.8 Å². The number of anilines is 1. The molecule has 0 bridgehead atoms. The van der Waals surface area contributed by atoms with Gasteiger partial charge in [0.25, 0.3) is 5.91 Å². The molecule has 3 rings (SSSR count). The Labute approximate surface area is 203 Å². The molecule has 0 saturated carbocycles. The third-order valence-corrected chi connectivity index (χ3v) is 7.65. The molecule has 1 saturated heterocycles. The van der Waals surface area contributed by atoms with Crippen molar-refractivity contribution in [1.82, 2.24) is 9.62 Å². The Kier molecular flexibility index (Phi) is 8.35. The fourth-order valence-electron chi connectivity index (χ4n) is 3.15. The molecule has 172 valence electrons. The highest BCUT2D eigenvalue weighted by Crippen LogP contribution is 2.27. The summed E-state index contributed by atoms with van der Waals surface area (Å²) in [7, 11) is -3.52. The minimum Gasteiger partial charge on any atom is -0.482 e. The molecule has 32 heavy (non-hydrogen) atoms. The molecule has 0 aliphatic carbocycles. The number of sulfonamides is 1. The van der Waals surface area contributed by atoms with Gasteiger partial charge in [0.05, 0.1) is 9.92 Å². The third kappa shape index (κ3) is 6.55. The van der Waals surface area contributed by atoms with Gasteiger partial charge < -0.3 is 10.1 Å². The number of carbonyl (C=O) groups excluding carboxylic acids is 1. The van der Waals surface area contributed by atoms with Crippen LogP contribution in [0.5, 0.6) is 5.75 Å². The molecular formula is C21H23Cl2N3O4S2. The Morgan fingerprint density at radius 1 is 1.16 bits per heavy atom. The number of halogens is 2. The van der Waals surface area contributed by atoms with Gasteiger partial charge in [0.1, 0.15) is 5.75 Å². The monoisotopic (exact) mass is 515 g/mol. The van der Waals surface area contributed by atoms with E-state index >= 15 is 0 Å². The molecule has 1 aliphatic rings. The summed E-state index contributed by atoms with van der Waals surface area (Å²) in [5, 5.41) is 6.15. The van der Waals surface area contributed by atoms with Crippen LogP contribution in [-0.2, 0) is 14.8 Å². The van der Waals surface area contributed by atoms with Gasteiger partial charge in [0.2, 0.25) is 10.0 Å². The smallest absolute Gasteiger partial charge is 0.264 e. The molecular weight excluding hydrogens is 493 g/mol. The SMILES string of the molecule is CC1CCN(S(=O)(=O)c2ccc(NC(=S)NC(=O)COc3ccc(Cl)cc3Cl)cc2)CC1. The van der Waals surface area contributed by atoms with Crippen molar-refractivity contribution in [2.24, 2.45) is 5.92 Å². The predicted molar refractivity (Wildman–Crippen MR) is 130 cm³/mol. The first-order valence-electron chi connectivity index (χ1n) is 9.94. The molecule has 1 fully saturated rings. The number of nitrogens with zero attached hydrogens (tertiary/aromatic N) is 1. The summed E-state index contributed by atoms with van der Waals surface area (Å²) in [6, 6.07) is 10.9. The summed E-state index contributed by atoms with van der Waals surface area (Å²) in [4.78, 5) is 12.3. The van der Waals surface area contributed by atoms with Crippen LogP contribution in [0.2, 0.25) is 10.0 Å². The zero-order chi connectivity index (χ0) is 23.3. The normalized spacial score (nSPS) is 15.2. The van der Waals surface area contributed by atoms with E-state index in [1.807, 2.05) is 0 Å². The highest BCUT2D eigenvalue weighted by Gasteiger charge is 2.27. The van der Waals surface area contributed by atoms with Gasteiger partial charge in [-0.3, -0.25) is 10.1 Å². The van der Waals surface area contributed by atoms with Gasteiger partial charge in [0.15, 0.2) is 11.7 Å². The molecule has 2 aromatic carbocycles. The molecule has 2 aromatic rings. The van der Waals surface area contributed by atoms with E-state index in [9.17, 15) is 13.2 Å². The average molecular weight is 516 g/mol. The number of ether oxygens (including phenoxy) is 1. The molecule has 7 nitrogen and oxygen atoms in total. The van der Waals surface area contributed by atoms with Gasteiger partial charge in [-0.2, -0.15) is 4.31 Å². The van der Waals surface area contributed by atoms with Crippen molar-refractivity contribution in [2.75, 3.05) is 25.0 Å². The van der Waals surface area contributed by atoms with Gasteiger partial charge in [-0.05, 0) is 73.4 Å². The maximum atomic E-state index is 12.8. The molecule has 0 spiro atoms. The van der Waals surface area contributed by atoms with Crippen molar-refractivity contribution in [2.45, 2.75) is 24.7 Å². The zero-order valence-corrected chi connectivity index (χ0v) is 20.5. The summed E-state index contributed by atoms with van der Waals surface area (Å²) >= 11 is 17.0. The van der Waals surface area contributed by atoms with E-state index in [0.717, 1.165) is 12.8 Å². The predicted octanol–water partition coefficient (Wildman–Crippen LogP) is 4.31. The second-order valence-electron chi connectivity index (χ2n) is 7.48. The van der Waals surface area contributed by atoms with Crippen LogP contribution in [0.3, 0.4) is 0 Å². The first-order chi connectivity index (χ1) is 15.1. The summed E-state index contributed by atoms with van der Waals surface area (Å²) in [6.45, 7) is 2.89. The molecule has 11 heteroatoms. The van der Waals surface area contributed by atoms with Crippen molar-refractivity contribution >= 4 is 62.2 Å². The van der Waals surface area contributed by atoms with Gasteiger partial charge in [-0.25, -0.2) is 8.42 Å². The van der Waals surface area contributed by atoms with Crippen molar-refractivity contribution in [3.8, 4) is 5.75 Å². The second-order valence-corrected chi connectivity index (χ2v) is 10.7. The number of nitrogens with one attached hydrogen (secondary N) is 2. The quantitative estimate of drug-likeness (QED) is 0.557. The fraction of sp³-hybridized carbons (Fsp3) is 0.333. The maximum absolute atomic E-state index is 12.8. The van der Waals surface area contributed by atoms with Crippen molar-refractivity contribution < 1.29 is 17.9 Å². The summed E-state index contributed by atoms with van der Waals surface area (Å²) in [5.41, 5.74) is 0.545. The lowest BCUT2D eigenvalue weighted by Gasteiger charge is -2.29. The molecule has 1 aliphatic heterocycles. The van der Waals surface area contributed by atoms with E-state index < -0.39 is 15.9 Å². The Morgan fingerprint density at radius 2 is 1.81 bits per heavy atom. The van der Waals surface area contributed by atoms with E-state index in [0.29, 0.717) is 40.5 Å². The van der Waals surface area contributed by atoms with E-state index in [2.05, 4.69) is 17.6 Å². The number of amides is 1. The second kappa shape index (κ2) is 10.8. The Morgan fingerprint density at radius 3 is 2.44 bits per heavy atom. The van der Waals surface area contributed by atoms with E-state index in [4.69, 9.17) is 40.2 Å². The first-order valence-corrected chi connectivity index (χ1v) is 12.5. The van der Waals surface area contributed by atoms with Gasteiger partial charge in [-0.1, -0.05) is 30.1 Å². The number of thiocarbonyl (C=S) groups is 1. The van der Waals surface area contributed by atoms with Crippen LogP contribution >= 0.6 is 35.4 Å². The third-order valence-electron chi connectivity index (χ3n) is 5.00. The van der Waals surface area contributed by atoms with Crippen LogP contribution in [0.25, 0.3) is 0 Å². The van der Waals surface area contributed by atoms with Crippen LogP contribution in [-0.4, -0.2) is 43.4 Å². The van der Waals surface area contributed by atoms with Crippen molar-refractivity contribution in [3.05, 3.63) is 52.5 Å². The number of benzene rings is 2. The molecule has 0 aromatic heterocycles. The molecule has 0 atom stereocenters. The number of hydrogen-bond acceptors (Lipinski definition) is 5. The largest absolute Gasteiger partial charge is 0.482 e. The van der Waals surface area contributed by atoms with Crippen molar-refractivity contribution in [1.29, 1.82) is 0 Å². The standard InChI is InChI=1S/C21H23Cl2N3O4S2/c1-14-8-10-26(11-9-14)32(28,29)17-5-3-16(4-6-17)24-21(31)25-20(27)13-30-19-7-2-15(22)12-18(19)23/h2-7,12,14H,8-11,13H2,1H3,(H2,24,25,27,31). The molecule has 1 amide bonds. The van der Waals surface area contributed by atoms with E-state index in [1.165, 1.54) is 22.5 Å². The van der Waals surface area contributed by atoms with Gasteiger partial charge >= 0.3 is 0 Å². The number of rotatable bonds is 6. The van der Waals surface area contributed by atoms with Crippen LogP contribution < -0.4 is 15.4 Å². The lowest BCUT2D eigenvalue weighted by Crippen LogP contribution is -2.38. The Bertz CT molecular complexity index is 1090. The van der Waals surface area contributed by atoms with Crippen LogP contribution in [0.4, 0.5) is 5.69 Å². The summed E-state index contributed by atoms with van der Waals surface area (Å²) in [5.74, 6) is 0.384. The highest BCUT2D eigenvalue weighted by molar-refractivity contribution is 7.89. The van der Waals surface area contributed by atoms with Gasteiger partial charge in [0, 0.05) is 23.8 Å². The molecule has 0 radical (unpaired) electrons. The number of hydrogen-bond donors (Lipinski definition) is 2. The highest BCUT2D eigenvalue weighted by atomic mass is 35.5. The summed E-state index contributed by atoms with van der Waals surface area (Å²) in [6.07, 6.45) is 1.72. The van der Waals surface area contributed by atoms with Gasteiger partial charge in [-0.15, -0.1) is 0 Å². The summed E-state index contributed by atoms with van der Waals surface area (Å²) < 4.78 is 32.5. The number of carbonyl (C=O) groups is 1. The molecule has 1 heterocycles. The first kappa shape index (κ1) is 24.7. The molecule has 2 N–H and O–H groups in total. The van der Waals surface area contributed by atoms with E-state index in [-0.39, 0.29) is 16.6 Å². The lowest BCUT2D eigenvalue weighted by atomic mass is 10.0. The maximum Gasteiger partial charge on any atom is 0.264 e. The number of piperidine rings is 1.